The second kappa shape index (κ2) is 6.62. The van der Waals surface area contributed by atoms with E-state index in [9.17, 15) is 8.42 Å². The molecule has 3 N–H and O–H groups in total. The molecule has 1 aliphatic heterocycles. The summed E-state index contributed by atoms with van der Waals surface area (Å²) in [5, 5.41) is 9.12. The van der Waals surface area contributed by atoms with Crippen LogP contribution in [0.25, 0.3) is 0 Å². The van der Waals surface area contributed by atoms with Crippen LogP contribution in [0.3, 0.4) is 0 Å². The Morgan fingerprint density at radius 1 is 1.39 bits per heavy atom. The van der Waals surface area contributed by atoms with E-state index in [0.717, 1.165) is 11.4 Å². The van der Waals surface area contributed by atoms with Gasteiger partial charge < -0.3 is 5.32 Å². The van der Waals surface area contributed by atoms with Crippen LogP contribution in [-0.2, 0) is 16.6 Å². The van der Waals surface area contributed by atoms with Gasteiger partial charge in [0, 0.05) is 40.5 Å². The van der Waals surface area contributed by atoms with Crippen molar-refractivity contribution in [3.63, 3.8) is 0 Å². The van der Waals surface area contributed by atoms with Gasteiger partial charge in [0.1, 0.15) is 4.21 Å². The van der Waals surface area contributed by atoms with Gasteiger partial charge in [0.2, 0.25) is 10.0 Å². The molecule has 1 atom stereocenters. The van der Waals surface area contributed by atoms with E-state index in [-0.39, 0.29) is 4.21 Å². The van der Waals surface area contributed by atoms with Crippen LogP contribution < -0.4 is 10.5 Å². The average Bonchev–Trinajstić information content (AvgIpc) is 2.79. The van der Waals surface area contributed by atoms with Crippen LogP contribution in [-0.4, -0.2) is 37.5 Å². The maximum absolute atomic E-state index is 11.1. The van der Waals surface area contributed by atoms with Crippen LogP contribution in [0.15, 0.2) is 16.3 Å². The molecule has 0 aromatic carbocycles. The molecule has 4 nitrogen and oxygen atoms in total. The highest BCUT2D eigenvalue weighted by Gasteiger charge is 2.14. The number of rotatable bonds is 5. The minimum absolute atomic E-state index is 0.238. The Labute approximate surface area is 120 Å². The van der Waals surface area contributed by atoms with E-state index >= 15 is 0 Å². The fourth-order valence-corrected chi connectivity index (χ4v) is 6.01. The van der Waals surface area contributed by atoms with Gasteiger partial charge in [0.15, 0.2) is 0 Å². The second-order valence-electron chi connectivity index (χ2n) is 3.96. The molecule has 1 fully saturated rings. The summed E-state index contributed by atoms with van der Waals surface area (Å²) in [7, 11) is -3.54. The smallest absolute Gasteiger partial charge is 0.247 e. The van der Waals surface area contributed by atoms with Crippen molar-refractivity contribution in [1.29, 1.82) is 0 Å². The predicted octanol–water partition coefficient (Wildman–Crippen LogP) is 1.33. The number of sulfonamides is 1. The minimum atomic E-state index is -3.54. The van der Waals surface area contributed by atoms with Crippen LogP contribution in [0.4, 0.5) is 0 Å². The summed E-state index contributed by atoms with van der Waals surface area (Å²) in [4.78, 5) is 1.01. The Morgan fingerprint density at radius 3 is 2.83 bits per heavy atom. The monoisotopic (exact) mass is 324 g/mol. The number of nitrogens with two attached hydrogens (primary N) is 1. The first-order valence-electron chi connectivity index (χ1n) is 5.57. The van der Waals surface area contributed by atoms with Gasteiger partial charge in [-0.15, -0.1) is 11.3 Å². The van der Waals surface area contributed by atoms with E-state index in [4.69, 9.17) is 5.14 Å². The standard InChI is InChI=1S/C10H16N2O2S4/c11-18(13,14)10-2-1-8(17-10)5-12-6-9-7-15-3-4-16-9/h1-2,9,12H,3-7H2,(H2,11,13,14). The van der Waals surface area contributed by atoms with E-state index in [1.807, 2.05) is 29.6 Å². The van der Waals surface area contributed by atoms with Crippen LogP contribution in [0.5, 0.6) is 0 Å². The molecule has 1 aromatic heterocycles. The van der Waals surface area contributed by atoms with Gasteiger partial charge in [0.05, 0.1) is 0 Å². The molecular formula is C10H16N2O2S4. The van der Waals surface area contributed by atoms with Crippen molar-refractivity contribution in [2.24, 2.45) is 5.14 Å². The summed E-state index contributed by atoms with van der Waals surface area (Å²) in [5.41, 5.74) is 0. The summed E-state index contributed by atoms with van der Waals surface area (Å²) in [6, 6.07) is 3.39. The average molecular weight is 325 g/mol. The van der Waals surface area contributed by atoms with Crippen LogP contribution in [0, 0.1) is 0 Å². The van der Waals surface area contributed by atoms with Crippen LogP contribution in [0.1, 0.15) is 4.88 Å². The highest BCUT2D eigenvalue weighted by molar-refractivity contribution is 8.06. The molecule has 1 aromatic rings. The van der Waals surface area contributed by atoms with Crippen molar-refractivity contribution in [1.82, 2.24) is 5.32 Å². The van der Waals surface area contributed by atoms with Gasteiger partial charge in [-0.1, -0.05) is 0 Å². The summed E-state index contributed by atoms with van der Waals surface area (Å²) in [5.74, 6) is 3.68. The third-order valence-corrected chi connectivity index (χ3v) is 7.84. The summed E-state index contributed by atoms with van der Waals surface area (Å²) < 4.78 is 22.5. The van der Waals surface area contributed by atoms with Crippen molar-refractivity contribution < 1.29 is 8.42 Å². The van der Waals surface area contributed by atoms with Crippen molar-refractivity contribution >= 4 is 44.9 Å². The molecule has 1 saturated heterocycles. The van der Waals surface area contributed by atoms with Crippen molar-refractivity contribution in [2.45, 2.75) is 16.0 Å². The van der Waals surface area contributed by atoms with Gasteiger partial charge in [-0.3, -0.25) is 0 Å². The Kier molecular flexibility index (Phi) is 5.40. The molecule has 1 aliphatic rings. The van der Waals surface area contributed by atoms with Gasteiger partial charge >= 0.3 is 0 Å². The predicted molar refractivity (Wildman–Crippen MR) is 81.0 cm³/mol. The Hall–Kier alpha value is 0.270. The molecule has 2 rings (SSSR count). The number of primary sulfonamides is 1. The highest BCUT2D eigenvalue weighted by Crippen LogP contribution is 2.24. The molecule has 2 heterocycles. The lowest BCUT2D eigenvalue weighted by atomic mass is 10.4. The quantitative estimate of drug-likeness (QED) is 0.855. The fraction of sp³-hybridized carbons (Fsp3) is 0.600. The van der Waals surface area contributed by atoms with E-state index < -0.39 is 10.0 Å². The molecule has 0 spiro atoms. The summed E-state index contributed by atoms with van der Waals surface area (Å²) in [6.07, 6.45) is 0. The highest BCUT2D eigenvalue weighted by atomic mass is 32.2. The van der Waals surface area contributed by atoms with Crippen LogP contribution >= 0.6 is 34.9 Å². The number of thioether (sulfide) groups is 2. The van der Waals surface area contributed by atoms with Gasteiger partial charge in [0.25, 0.3) is 0 Å². The topological polar surface area (TPSA) is 72.2 Å². The second-order valence-corrected chi connectivity index (χ2v) is 9.48. The zero-order valence-electron chi connectivity index (χ0n) is 9.79. The molecule has 1 unspecified atom stereocenters. The normalized spacial score (nSPS) is 21.1. The molecular weight excluding hydrogens is 308 g/mol. The van der Waals surface area contributed by atoms with Crippen molar-refractivity contribution in [3.05, 3.63) is 17.0 Å². The van der Waals surface area contributed by atoms with E-state index in [2.05, 4.69) is 5.32 Å². The van der Waals surface area contributed by atoms with E-state index in [1.54, 1.807) is 6.07 Å². The maximum Gasteiger partial charge on any atom is 0.247 e. The number of nitrogens with one attached hydrogen (secondary N) is 1. The maximum atomic E-state index is 11.1. The largest absolute Gasteiger partial charge is 0.311 e. The molecule has 0 bridgehead atoms. The van der Waals surface area contributed by atoms with Crippen molar-refractivity contribution in [3.8, 4) is 0 Å². The zero-order chi connectivity index (χ0) is 13.0. The molecule has 0 saturated carbocycles. The minimum Gasteiger partial charge on any atom is -0.311 e. The van der Waals surface area contributed by atoms with Crippen molar-refractivity contribution in [2.75, 3.05) is 23.8 Å². The Bertz CT molecular complexity index is 480. The van der Waals surface area contributed by atoms with Crippen LogP contribution in [0.2, 0.25) is 0 Å². The SMILES string of the molecule is NS(=O)(=O)c1ccc(CNCC2CSCCS2)s1. The number of thiophene rings is 1. The summed E-state index contributed by atoms with van der Waals surface area (Å²) >= 11 is 5.25. The zero-order valence-corrected chi connectivity index (χ0v) is 13.1. The third kappa shape index (κ3) is 4.43. The lowest BCUT2D eigenvalue weighted by Gasteiger charge is -2.20. The number of hydrogen-bond acceptors (Lipinski definition) is 6. The third-order valence-electron chi connectivity index (χ3n) is 2.47. The Balaban J connectivity index is 1.78. The lowest BCUT2D eigenvalue weighted by Crippen LogP contribution is -2.28. The first-order valence-corrected chi connectivity index (χ1v) is 10.1. The molecule has 0 aliphatic carbocycles. The first kappa shape index (κ1) is 14.7. The fourth-order valence-electron chi connectivity index (χ4n) is 1.62. The summed E-state index contributed by atoms with van der Waals surface area (Å²) in [6.45, 7) is 1.68. The molecule has 8 heteroatoms. The van der Waals surface area contributed by atoms with Gasteiger partial charge in [-0.25, -0.2) is 13.6 Å². The first-order chi connectivity index (χ1) is 8.55. The molecule has 102 valence electrons. The Morgan fingerprint density at radius 2 is 2.22 bits per heavy atom. The molecule has 0 radical (unpaired) electrons. The molecule has 0 amide bonds. The van der Waals surface area contributed by atoms with Gasteiger partial charge in [-0.05, 0) is 12.1 Å². The lowest BCUT2D eigenvalue weighted by molar-refractivity contribution is 0.600. The number of hydrogen-bond donors (Lipinski definition) is 2. The van der Waals surface area contributed by atoms with Gasteiger partial charge in [-0.2, -0.15) is 23.5 Å². The van der Waals surface area contributed by atoms with E-state index in [0.29, 0.717) is 11.8 Å². The van der Waals surface area contributed by atoms with E-state index in [1.165, 1.54) is 28.6 Å². The molecule has 18 heavy (non-hydrogen) atoms.